The quantitative estimate of drug-likeness (QED) is 0.462. The van der Waals surface area contributed by atoms with Crippen LogP contribution in [0.2, 0.25) is 5.02 Å². The number of hydrogen-bond donors (Lipinski definition) is 2. The summed E-state index contributed by atoms with van der Waals surface area (Å²) in [5, 5.41) is 5.69. The molecule has 1 amide bonds. The van der Waals surface area contributed by atoms with Gasteiger partial charge in [-0.2, -0.15) is 0 Å². The van der Waals surface area contributed by atoms with E-state index in [2.05, 4.69) is 15.4 Å². The second-order valence-electron chi connectivity index (χ2n) is 6.93. The smallest absolute Gasteiger partial charge is 0.276 e. The van der Waals surface area contributed by atoms with E-state index in [1.165, 1.54) is 31.5 Å². The van der Waals surface area contributed by atoms with Crippen molar-refractivity contribution in [2.24, 2.45) is 0 Å². The minimum Gasteiger partial charge on any atom is -0.322 e. The van der Waals surface area contributed by atoms with E-state index in [9.17, 15) is 18.8 Å². The molecule has 4 rings (SSSR count). The highest BCUT2D eigenvalue weighted by molar-refractivity contribution is 6.30. The Morgan fingerprint density at radius 2 is 1.90 bits per heavy atom. The van der Waals surface area contributed by atoms with Gasteiger partial charge in [-0.3, -0.25) is 19.5 Å². The molecule has 0 saturated carbocycles. The van der Waals surface area contributed by atoms with Crippen molar-refractivity contribution in [2.75, 3.05) is 5.32 Å². The van der Waals surface area contributed by atoms with E-state index in [-0.39, 0.29) is 34.0 Å². The molecule has 0 aliphatic heterocycles. The zero-order chi connectivity index (χ0) is 22.1. The van der Waals surface area contributed by atoms with Crippen LogP contribution in [0.4, 0.5) is 10.1 Å². The standard InChI is InChI=1S/C22H16ClFN4O3/c1-12(29)13-3-6-17(7-4-13)27-21(30)18-11-26-28-20(18)25-10-15(22(28)31)8-14-2-5-16(23)9-19(14)24/h2-7,9-11,26H,8H2,1H3,(H,27,30). The average molecular weight is 439 g/mol. The van der Waals surface area contributed by atoms with Crippen LogP contribution in [0.1, 0.15) is 38.8 Å². The first-order chi connectivity index (χ1) is 14.8. The summed E-state index contributed by atoms with van der Waals surface area (Å²) in [4.78, 5) is 41.0. The van der Waals surface area contributed by atoms with Crippen molar-refractivity contribution in [3.8, 4) is 0 Å². The van der Waals surface area contributed by atoms with E-state index in [1.807, 2.05) is 0 Å². The third-order valence-corrected chi connectivity index (χ3v) is 5.04. The highest BCUT2D eigenvalue weighted by Crippen LogP contribution is 2.18. The maximum atomic E-state index is 14.1. The number of benzene rings is 2. The van der Waals surface area contributed by atoms with E-state index in [1.54, 1.807) is 30.3 Å². The number of Topliss-reactive ketones (excluding diaryl/α,β-unsaturated/α-hetero) is 1. The molecule has 7 nitrogen and oxygen atoms in total. The van der Waals surface area contributed by atoms with Gasteiger partial charge in [-0.1, -0.05) is 17.7 Å². The van der Waals surface area contributed by atoms with Crippen molar-refractivity contribution in [1.29, 1.82) is 0 Å². The Morgan fingerprint density at radius 3 is 2.58 bits per heavy atom. The van der Waals surface area contributed by atoms with Crippen LogP contribution >= 0.6 is 11.6 Å². The summed E-state index contributed by atoms with van der Waals surface area (Å²) in [5.41, 5.74) is 1.45. The first-order valence-corrected chi connectivity index (χ1v) is 9.65. The molecule has 2 N–H and O–H groups in total. The average Bonchev–Trinajstić information content (AvgIpc) is 3.17. The Kier molecular flexibility index (Phi) is 5.39. The molecule has 0 radical (unpaired) electrons. The van der Waals surface area contributed by atoms with Gasteiger partial charge in [0.1, 0.15) is 11.4 Å². The van der Waals surface area contributed by atoms with Crippen molar-refractivity contribution in [3.05, 3.63) is 98.3 Å². The van der Waals surface area contributed by atoms with Gasteiger partial charge in [0.05, 0.1) is 0 Å². The fraction of sp³-hybridized carbons (Fsp3) is 0.0909. The molecule has 31 heavy (non-hydrogen) atoms. The molecular weight excluding hydrogens is 423 g/mol. The summed E-state index contributed by atoms with van der Waals surface area (Å²) >= 11 is 5.77. The monoisotopic (exact) mass is 438 g/mol. The number of carbonyl (C=O) groups excluding carboxylic acids is 2. The number of carbonyl (C=O) groups is 2. The third kappa shape index (κ3) is 4.10. The molecule has 0 unspecified atom stereocenters. The van der Waals surface area contributed by atoms with Crippen LogP contribution in [0, 0.1) is 5.82 Å². The Hall–Kier alpha value is -3.78. The SMILES string of the molecule is CC(=O)c1ccc(NC(=O)c2c[nH]n3c(=O)c(Cc4ccc(Cl)cc4F)cnc23)cc1. The van der Waals surface area contributed by atoms with E-state index >= 15 is 0 Å². The van der Waals surface area contributed by atoms with Gasteiger partial charge in [-0.25, -0.2) is 13.9 Å². The van der Waals surface area contributed by atoms with Gasteiger partial charge in [-0.15, -0.1) is 0 Å². The third-order valence-electron chi connectivity index (χ3n) is 4.80. The topological polar surface area (TPSA) is 96.3 Å². The molecule has 0 fully saturated rings. The number of aromatic nitrogens is 3. The van der Waals surface area contributed by atoms with Crippen molar-refractivity contribution < 1.29 is 14.0 Å². The molecule has 156 valence electrons. The number of nitrogens with zero attached hydrogens (tertiary/aromatic N) is 2. The molecule has 9 heteroatoms. The van der Waals surface area contributed by atoms with E-state index in [0.29, 0.717) is 16.8 Å². The highest BCUT2D eigenvalue weighted by Gasteiger charge is 2.17. The van der Waals surface area contributed by atoms with Crippen LogP contribution in [0.3, 0.4) is 0 Å². The Bertz CT molecular complexity index is 1380. The van der Waals surface area contributed by atoms with E-state index in [4.69, 9.17) is 11.6 Å². The number of hydrogen-bond acceptors (Lipinski definition) is 4. The molecule has 0 saturated heterocycles. The minimum atomic E-state index is -0.514. The highest BCUT2D eigenvalue weighted by atomic mass is 35.5. The zero-order valence-electron chi connectivity index (χ0n) is 16.3. The summed E-state index contributed by atoms with van der Waals surface area (Å²) in [5.74, 6) is -1.07. The lowest BCUT2D eigenvalue weighted by atomic mass is 10.1. The van der Waals surface area contributed by atoms with Crippen LogP contribution in [-0.2, 0) is 6.42 Å². The maximum Gasteiger partial charge on any atom is 0.276 e. The maximum absolute atomic E-state index is 14.1. The van der Waals surface area contributed by atoms with Gasteiger partial charge in [0.15, 0.2) is 11.4 Å². The number of amides is 1. The lowest BCUT2D eigenvalue weighted by Crippen LogP contribution is -2.21. The normalized spacial score (nSPS) is 10.9. The van der Waals surface area contributed by atoms with Gasteiger partial charge in [0.25, 0.3) is 11.5 Å². The Morgan fingerprint density at radius 1 is 1.16 bits per heavy atom. The second-order valence-corrected chi connectivity index (χ2v) is 7.37. The number of rotatable bonds is 5. The molecule has 4 aromatic rings. The molecule has 0 aliphatic carbocycles. The summed E-state index contributed by atoms with van der Waals surface area (Å²) in [7, 11) is 0. The predicted molar refractivity (Wildman–Crippen MR) is 114 cm³/mol. The number of halogens is 2. The number of nitrogens with one attached hydrogen (secondary N) is 2. The van der Waals surface area contributed by atoms with E-state index < -0.39 is 17.3 Å². The summed E-state index contributed by atoms with van der Waals surface area (Å²) in [6.45, 7) is 1.46. The summed E-state index contributed by atoms with van der Waals surface area (Å²) < 4.78 is 15.2. The number of aromatic amines is 1. The number of ketones is 1. The molecule has 2 aromatic carbocycles. The van der Waals surface area contributed by atoms with Gasteiger partial charge in [-0.05, 0) is 48.9 Å². The fourth-order valence-corrected chi connectivity index (χ4v) is 3.30. The number of H-pyrrole nitrogens is 1. The first-order valence-electron chi connectivity index (χ1n) is 9.28. The summed E-state index contributed by atoms with van der Waals surface area (Å²) in [6.07, 6.45) is 2.73. The molecule has 0 atom stereocenters. The molecule has 2 heterocycles. The molecule has 0 bridgehead atoms. The first kappa shape index (κ1) is 20.5. The predicted octanol–water partition coefficient (Wildman–Crippen LogP) is 3.86. The van der Waals surface area contributed by atoms with Crippen LogP contribution in [0.15, 0.2) is 59.7 Å². The van der Waals surface area contributed by atoms with Gasteiger partial charge in [0, 0.05) is 40.7 Å². The lowest BCUT2D eigenvalue weighted by molar-refractivity contribution is 0.101. The summed E-state index contributed by atoms with van der Waals surface area (Å²) in [6, 6.07) is 10.7. The van der Waals surface area contributed by atoms with Crippen molar-refractivity contribution in [1.82, 2.24) is 14.6 Å². The van der Waals surface area contributed by atoms with Gasteiger partial charge < -0.3 is 5.32 Å². The van der Waals surface area contributed by atoms with Crippen molar-refractivity contribution in [2.45, 2.75) is 13.3 Å². The van der Waals surface area contributed by atoms with Crippen molar-refractivity contribution >= 4 is 34.6 Å². The lowest BCUT2D eigenvalue weighted by Gasteiger charge is -2.06. The van der Waals surface area contributed by atoms with Crippen molar-refractivity contribution in [3.63, 3.8) is 0 Å². The number of anilines is 1. The molecule has 0 spiro atoms. The van der Waals surface area contributed by atoms with E-state index in [0.717, 1.165) is 4.52 Å². The van der Waals surface area contributed by atoms with Crippen LogP contribution in [0.25, 0.3) is 5.65 Å². The molecule has 0 aliphatic rings. The fourth-order valence-electron chi connectivity index (χ4n) is 3.14. The molecular formula is C22H16ClFN4O3. The van der Waals surface area contributed by atoms with Gasteiger partial charge >= 0.3 is 0 Å². The largest absolute Gasteiger partial charge is 0.322 e. The van der Waals surface area contributed by atoms with Crippen LogP contribution in [-0.4, -0.2) is 26.3 Å². The molecule has 2 aromatic heterocycles. The van der Waals surface area contributed by atoms with Crippen LogP contribution in [0.5, 0.6) is 0 Å². The van der Waals surface area contributed by atoms with Gasteiger partial charge in [0.2, 0.25) is 0 Å². The zero-order valence-corrected chi connectivity index (χ0v) is 17.0. The Labute approximate surface area is 180 Å². The number of fused-ring (bicyclic) bond motifs is 1. The minimum absolute atomic E-state index is 0.0286. The Balaban J connectivity index is 1.60. The second kappa shape index (κ2) is 8.16. The van der Waals surface area contributed by atoms with Crippen LogP contribution < -0.4 is 10.9 Å².